The van der Waals surface area contributed by atoms with Crippen LogP contribution in [0.1, 0.15) is 49.4 Å². The maximum absolute atomic E-state index is 11.5. The van der Waals surface area contributed by atoms with Crippen molar-refractivity contribution < 1.29 is 15.0 Å². The molecule has 1 aromatic heterocycles. The summed E-state index contributed by atoms with van der Waals surface area (Å²) in [5.41, 5.74) is 1.45. The number of aliphatic hydroxyl groups is 1. The summed E-state index contributed by atoms with van der Waals surface area (Å²) in [7, 11) is 0. The summed E-state index contributed by atoms with van der Waals surface area (Å²) in [5, 5.41) is 18.8. The van der Waals surface area contributed by atoms with Crippen molar-refractivity contribution >= 4 is 17.0 Å². The Bertz CT molecular complexity index is 668. The number of nitrogens with zero attached hydrogens (tertiary/aromatic N) is 2. The maximum Gasteiger partial charge on any atom is 0.337 e. The quantitative estimate of drug-likeness (QED) is 0.907. The van der Waals surface area contributed by atoms with Crippen molar-refractivity contribution in [2.45, 2.75) is 40.2 Å². The Hall–Kier alpha value is -1.88. The number of benzene rings is 1. The fourth-order valence-corrected chi connectivity index (χ4v) is 2.89. The molecule has 1 heterocycles. The number of hydrogen-bond acceptors (Lipinski definition) is 3. The molecule has 0 fully saturated rings. The predicted octanol–water partition coefficient (Wildman–Crippen LogP) is 3.01. The van der Waals surface area contributed by atoms with Crippen LogP contribution >= 0.6 is 0 Å². The van der Waals surface area contributed by atoms with E-state index >= 15 is 0 Å². The Labute approximate surface area is 124 Å². The van der Waals surface area contributed by atoms with Crippen LogP contribution in [0.3, 0.4) is 0 Å². The van der Waals surface area contributed by atoms with Crippen molar-refractivity contribution in [3.05, 3.63) is 29.6 Å². The molecule has 0 aliphatic heterocycles. The molecule has 0 saturated heterocycles. The summed E-state index contributed by atoms with van der Waals surface area (Å²) in [6, 6.07) is 5.11. The van der Waals surface area contributed by atoms with Gasteiger partial charge in [0.2, 0.25) is 0 Å². The molecule has 0 saturated carbocycles. The van der Waals surface area contributed by atoms with Gasteiger partial charge in [-0.2, -0.15) is 0 Å². The highest BCUT2D eigenvalue weighted by molar-refractivity contribution is 6.01. The molecule has 0 aliphatic rings. The standard InChI is InChI=1S/C16H22N2O3/c1-10-17-12-7-5-6-11(15(20)21)14(12)18(10)13(8-9-19)16(2,3)4/h5-7,13,19H,8-9H2,1-4H3,(H,20,21). The van der Waals surface area contributed by atoms with E-state index in [0.29, 0.717) is 17.5 Å². The molecule has 21 heavy (non-hydrogen) atoms. The van der Waals surface area contributed by atoms with Gasteiger partial charge in [-0.1, -0.05) is 26.8 Å². The number of aromatic carboxylic acids is 1. The van der Waals surface area contributed by atoms with Gasteiger partial charge in [0.05, 0.1) is 16.6 Å². The average molecular weight is 290 g/mol. The molecule has 0 bridgehead atoms. The number of carboxylic acids is 1. The molecular formula is C16H22N2O3. The van der Waals surface area contributed by atoms with Crippen LogP contribution in [0, 0.1) is 12.3 Å². The lowest BCUT2D eigenvalue weighted by molar-refractivity contribution is 0.0698. The summed E-state index contributed by atoms with van der Waals surface area (Å²) in [5.74, 6) is -0.189. The molecule has 1 atom stereocenters. The van der Waals surface area contributed by atoms with E-state index in [4.69, 9.17) is 0 Å². The van der Waals surface area contributed by atoms with Gasteiger partial charge in [-0.3, -0.25) is 0 Å². The third-order valence-corrected chi connectivity index (χ3v) is 3.83. The molecule has 114 valence electrons. The van der Waals surface area contributed by atoms with Crippen molar-refractivity contribution in [1.82, 2.24) is 9.55 Å². The Morgan fingerprint density at radius 1 is 1.38 bits per heavy atom. The molecule has 0 radical (unpaired) electrons. The van der Waals surface area contributed by atoms with Gasteiger partial charge >= 0.3 is 5.97 Å². The van der Waals surface area contributed by atoms with Crippen molar-refractivity contribution in [2.24, 2.45) is 5.41 Å². The molecule has 2 rings (SSSR count). The fourth-order valence-electron chi connectivity index (χ4n) is 2.89. The van der Waals surface area contributed by atoms with Crippen LogP contribution in [-0.4, -0.2) is 32.3 Å². The molecule has 2 aromatic rings. The molecule has 2 N–H and O–H groups in total. The van der Waals surface area contributed by atoms with E-state index in [2.05, 4.69) is 25.8 Å². The molecule has 1 aromatic carbocycles. The Morgan fingerprint density at radius 3 is 2.57 bits per heavy atom. The highest BCUT2D eigenvalue weighted by Crippen LogP contribution is 2.37. The topological polar surface area (TPSA) is 75.3 Å². The second kappa shape index (κ2) is 5.48. The van der Waals surface area contributed by atoms with Gasteiger partial charge in [-0.05, 0) is 30.9 Å². The van der Waals surface area contributed by atoms with Crippen LogP contribution in [0.25, 0.3) is 11.0 Å². The molecule has 5 heteroatoms. The fraction of sp³-hybridized carbons (Fsp3) is 0.500. The van der Waals surface area contributed by atoms with E-state index in [1.165, 1.54) is 0 Å². The lowest BCUT2D eigenvalue weighted by Gasteiger charge is -2.33. The lowest BCUT2D eigenvalue weighted by atomic mass is 9.84. The monoisotopic (exact) mass is 290 g/mol. The first-order valence-corrected chi connectivity index (χ1v) is 7.09. The SMILES string of the molecule is Cc1nc2cccc(C(=O)O)c2n1C(CCO)C(C)(C)C. The van der Waals surface area contributed by atoms with E-state index in [1.54, 1.807) is 12.1 Å². The molecular weight excluding hydrogens is 268 g/mol. The lowest BCUT2D eigenvalue weighted by Crippen LogP contribution is -2.26. The second-order valence-electron chi connectivity index (χ2n) is 6.40. The van der Waals surface area contributed by atoms with Crippen LogP contribution in [0.15, 0.2) is 18.2 Å². The van der Waals surface area contributed by atoms with Crippen molar-refractivity contribution in [3.63, 3.8) is 0 Å². The Morgan fingerprint density at radius 2 is 2.05 bits per heavy atom. The van der Waals surface area contributed by atoms with E-state index in [1.807, 2.05) is 17.6 Å². The first-order valence-electron chi connectivity index (χ1n) is 7.09. The summed E-state index contributed by atoms with van der Waals surface area (Å²) in [4.78, 5) is 16.0. The molecule has 0 amide bonds. The number of carbonyl (C=O) groups is 1. The number of aryl methyl sites for hydroxylation is 1. The van der Waals surface area contributed by atoms with Crippen molar-refractivity contribution in [3.8, 4) is 0 Å². The molecule has 5 nitrogen and oxygen atoms in total. The zero-order valence-corrected chi connectivity index (χ0v) is 12.9. The average Bonchev–Trinajstić information content (AvgIpc) is 2.70. The summed E-state index contributed by atoms with van der Waals surface area (Å²) >= 11 is 0. The maximum atomic E-state index is 11.5. The normalized spacial score (nSPS) is 13.6. The smallest absolute Gasteiger partial charge is 0.337 e. The second-order valence-corrected chi connectivity index (χ2v) is 6.40. The van der Waals surface area contributed by atoms with E-state index < -0.39 is 5.97 Å². The number of aromatic nitrogens is 2. The first-order chi connectivity index (χ1) is 9.77. The molecule has 0 spiro atoms. The van der Waals surface area contributed by atoms with E-state index in [-0.39, 0.29) is 23.6 Å². The molecule has 0 aliphatic carbocycles. The highest BCUT2D eigenvalue weighted by Gasteiger charge is 2.30. The minimum atomic E-state index is -0.960. The number of rotatable bonds is 4. The predicted molar refractivity (Wildman–Crippen MR) is 81.6 cm³/mol. The van der Waals surface area contributed by atoms with E-state index in [0.717, 1.165) is 5.82 Å². The number of fused-ring (bicyclic) bond motifs is 1. The zero-order chi connectivity index (χ0) is 15.8. The number of hydrogen-bond donors (Lipinski definition) is 2. The number of imidazole rings is 1. The van der Waals surface area contributed by atoms with Crippen molar-refractivity contribution in [2.75, 3.05) is 6.61 Å². The van der Waals surface area contributed by atoms with Gasteiger partial charge in [-0.25, -0.2) is 9.78 Å². The van der Waals surface area contributed by atoms with Crippen LogP contribution in [0.5, 0.6) is 0 Å². The van der Waals surface area contributed by atoms with Gasteiger partial charge in [0.1, 0.15) is 5.82 Å². The van der Waals surface area contributed by atoms with E-state index in [9.17, 15) is 15.0 Å². The zero-order valence-electron chi connectivity index (χ0n) is 12.9. The van der Waals surface area contributed by atoms with Gasteiger partial charge in [-0.15, -0.1) is 0 Å². The highest BCUT2D eigenvalue weighted by atomic mass is 16.4. The van der Waals surface area contributed by atoms with Crippen LogP contribution in [0.4, 0.5) is 0 Å². The summed E-state index contributed by atoms with van der Waals surface area (Å²) in [6.45, 7) is 8.18. The van der Waals surface area contributed by atoms with Crippen LogP contribution in [0.2, 0.25) is 0 Å². The van der Waals surface area contributed by atoms with Crippen LogP contribution in [-0.2, 0) is 0 Å². The number of aliphatic hydroxyl groups excluding tert-OH is 1. The van der Waals surface area contributed by atoms with Gasteiger partial charge in [0.15, 0.2) is 0 Å². The van der Waals surface area contributed by atoms with Crippen LogP contribution < -0.4 is 0 Å². The van der Waals surface area contributed by atoms with Gasteiger partial charge < -0.3 is 14.8 Å². The summed E-state index contributed by atoms with van der Waals surface area (Å²) in [6.07, 6.45) is 0.559. The van der Waals surface area contributed by atoms with Crippen molar-refractivity contribution in [1.29, 1.82) is 0 Å². The first kappa shape index (κ1) is 15.5. The summed E-state index contributed by atoms with van der Waals surface area (Å²) < 4.78 is 1.97. The van der Waals surface area contributed by atoms with Gasteiger partial charge in [0.25, 0.3) is 0 Å². The number of carboxylic acid groups (broad SMARTS) is 1. The Balaban J connectivity index is 2.78. The van der Waals surface area contributed by atoms with Gasteiger partial charge in [0, 0.05) is 12.6 Å². The minimum absolute atomic E-state index is 0.0204. The minimum Gasteiger partial charge on any atom is -0.478 e. The third-order valence-electron chi connectivity index (χ3n) is 3.83. The largest absolute Gasteiger partial charge is 0.478 e. The molecule has 1 unspecified atom stereocenters. The number of para-hydroxylation sites is 1. The third kappa shape index (κ3) is 2.78. The Kier molecular flexibility index (Phi) is 4.05.